The van der Waals surface area contributed by atoms with Crippen molar-refractivity contribution in [2.45, 2.75) is 46.1 Å². The normalized spacial score (nSPS) is 18.2. The molecule has 0 bridgehead atoms. The number of carboxylic acid groups (broad SMARTS) is 1. The minimum atomic E-state index is -1.02. The van der Waals surface area contributed by atoms with Gasteiger partial charge >= 0.3 is 12.0 Å². The summed E-state index contributed by atoms with van der Waals surface area (Å²) in [5.74, 6) is -1.02. The zero-order valence-corrected chi connectivity index (χ0v) is 12.8. The van der Waals surface area contributed by atoms with Crippen molar-refractivity contribution in [1.82, 2.24) is 10.6 Å². The summed E-state index contributed by atoms with van der Waals surface area (Å²) in [5, 5.41) is 14.5. The highest BCUT2D eigenvalue weighted by Gasteiger charge is 2.42. The molecule has 0 aromatic rings. The summed E-state index contributed by atoms with van der Waals surface area (Å²) in [6, 6.07) is -1.33. The Morgan fingerprint density at radius 3 is 2.35 bits per heavy atom. The van der Waals surface area contributed by atoms with Gasteiger partial charge in [-0.3, -0.25) is 0 Å². The Kier molecular flexibility index (Phi) is 5.39. The van der Waals surface area contributed by atoms with E-state index in [4.69, 9.17) is 9.84 Å². The van der Waals surface area contributed by atoms with Crippen molar-refractivity contribution in [1.29, 1.82) is 0 Å². The number of amides is 2. The van der Waals surface area contributed by atoms with E-state index in [1.807, 2.05) is 0 Å². The number of rotatable bonds is 7. The van der Waals surface area contributed by atoms with Gasteiger partial charge in [0.05, 0.1) is 0 Å². The first-order valence-corrected chi connectivity index (χ1v) is 6.96. The zero-order chi connectivity index (χ0) is 15.4. The van der Waals surface area contributed by atoms with Crippen molar-refractivity contribution >= 4 is 12.0 Å². The standard InChI is InChI=1S/C14H26N2O4/c1-13(2,3)10(11(17)18)16-12(19)15-9-14(5-6-14)7-8-20-4/h10H,5-9H2,1-4H3,(H,17,18)(H2,15,16,19). The monoisotopic (exact) mass is 286 g/mol. The fourth-order valence-electron chi connectivity index (χ4n) is 2.11. The molecule has 1 aliphatic carbocycles. The molecule has 1 atom stereocenters. The van der Waals surface area contributed by atoms with E-state index in [9.17, 15) is 9.59 Å². The molecule has 20 heavy (non-hydrogen) atoms. The molecule has 6 nitrogen and oxygen atoms in total. The molecular formula is C14H26N2O4. The molecule has 3 N–H and O–H groups in total. The molecule has 1 fully saturated rings. The van der Waals surface area contributed by atoms with Crippen LogP contribution in [0.5, 0.6) is 0 Å². The Balaban J connectivity index is 2.41. The Labute approximate surface area is 120 Å². The summed E-state index contributed by atoms with van der Waals surface area (Å²) < 4.78 is 5.06. The van der Waals surface area contributed by atoms with E-state index in [1.165, 1.54) is 0 Å². The lowest BCUT2D eigenvalue weighted by molar-refractivity contribution is -0.141. The third kappa shape index (κ3) is 5.00. The van der Waals surface area contributed by atoms with E-state index in [2.05, 4.69) is 10.6 Å². The summed E-state index contributed by atoms with van der Waals surface area (Å²) in [6.45, 7) is 6.61. The maximum atomic E-state index is 11.8. The molecule has 1 unspecified atom stereocenters. The second-order valence-electron chi connectivity index (χ2n) is 6.71. The Hall–Kier alpha value is -1.30. The largest absolute Gasteiger partial charge is 0.480 e. The number of ether oxygens (including phenoxy) is 1. The summed E-state index contributed by atoms with van der Waals surface area (Å²) in [7, 11) is 1.66. The highest BCUT2D eigenvalue weighted by atomic mass is 16.5. The van der Waals surface area contributed by atoms with Crippen LogP contribution in [0.25, 0.3) is 0 Å². The van der Waals surface area contributed by atoms with E-state index in [0.29, 0.717) is 13.2 Å². The third-order valence-corrected chi connectivity index (χ3v) is 3.81. The highest BCUT2D eigenvalue weighted by Crippen LogP contribution is 2.48. The van der Waals surface area contributed by atoms with Crippen molar-refractivity contribution in [3.05, 3.63) is 0 Å². The maximum Gasteiger partial charge on any atom is 0.326 e. The molecule has 0 aromatic carbocycles. The Morgan fingerprint density at radius 1 is 1.35 bits per heavy atom. The van der Waals surface area contributed by atoms with Crippen LogP contribution in [-0.2, 0) is 9.53 Å². The van der Waals surface area contributed by atoms with E-state index in [-0.39, 0.29) is 5.41 Å². The van der Waals surface area contributed by atoms with Crippen molar-refractivity contribution in [3.8, 4) is 0 Å². The van der Waals surface area contributed by atoms with Crippen LogP contribution >= 0.6 is 0 Å². The Morgan fingerprint density at radius 2 is 1.95 bits per heavy atom. The number of carboxylic acids is 1. The molecule has 6 heteroatoms. The average molecular weight is 286 g/mol. The SMILES string of the molecule is COCCC1(CNC(=O)NC(C(=O)O)C(C)(C)C)CC1. The zero-order valence-electron chi connectivity index (χ0n) is 12.8. The summed E-state index contributed by atoms with van der Waals surface area (Å²) in [5.41, 5.74) is -0.385. The van der Waals surface area contributed by atoms with Gasteiger partial charge in [-0.1, -0.05) is 20.8 Å². The molecule has 116 valence electrons. The number of aliphatic carboxylic acids is 1. The van der Waals surface area contributed by atoms with Crippen LogP contribution in [0.3, 0.4) is 0 Å². The maximum absolute atomic E-state index is 11.8. The van der Waals surface area contributed by atoms with Crippen LogP contribution in [0.15, 0.2) is 0 Å². The minimum Gasteiger partial charge on any atom is -0.480 e. The van der Waals surface area contributed by atoms with E-state index >= 15 is 0 Å². The second kappa shape index (κ2) is 6.43. The van der Waals surface area contributed by atoms with Gasteiger partial charge in [-0.2, -0.15) is 0 Å². The van der Waals surface area contributed by atoms with Gasteiger partial charge in [0.1, 0.15) is 6.04 Å². The quantitative estimate of drug-likeness (QED) is 0.663. The third-order valence-electron chi connectivity index (χ3n) is 3.81. The number of nitrogens with one attached hydrogen (secondary N) is 2. The van der Waals surface area contributed by atoms with Crippen LogP contribution in [-0.4, -0.2) is 43.4 Å². The van der Waals surface area contributed by atoms with Crippen LogP contribution in [0, 0.1) is 10.8 Å². The van der Waals surface area contributed by atoms with Crippen molar-refractivity contribution in [2.75, 3.05) is 20.3 Å². The highest BCUT2D eigenvalue weighted by molar-refractivity contribution is 5.83. The predicted molar refractivity (Wildman–Crippen MR) is 75.6 cm³/mol. The molecule has 0 aromatic heterocycles. The number of urea groups is 1. The van der Waals surface area contributed by atoms with Crippen LogP contribution < -0.4 is 10.6 Å². The van der Waals surface area contributed by atoms with Gasteiger partial charge in [-0.15, -0.1) is 0 Å². The first-order valence-electron chi connectivity index (χ1n) is 6.96. The topological polar surface area (TPSA) is 87.7 Å². The van der Waals surface area contributed by atoms with Gasteiger partial charge in [-0.05, 0) is 30.1 Å². The number of carbonyl (C=O) groups excluding carboxylic acids is 1. The molecule has 0 spiro atoms. The Bertz CT molecular complexity index is 359. The summed E-state index contributed by atoms with van der Waals surface area (Å²) in [6.07, 6.45) is 3.09. The van der Waals surface area contributed by atoms with Gasteiger partial charge in [0.2, 0.25) is 0 Å². The minimum absolute atomic E-state index is 0.147. The lowest BCUT2D eigenvalue weighted by atomic mass is 9.87. The van der Waals surface area contributed by atoms with E-state index < -0.39 is 23.5 Å². The van der Waals surface area contributed by atoms with Gasteiger partial charge < -0.3 is 20.5 Å². The van der Waals surface area contributed by atoms with Gasteiger partial charge in [-0.25, -0.2) is 9.59 Å². The molecule has 0 heterocycles. The van der Waals surface area contributed by atoms with E-state index in [0.717, 1.165) is 19.3 Å². The van der Waals surface area contributed by atoms with Crippen LogP contribution in [0.1, 0.15) is 40.0 Å². The van der Waals surface area contributed by atoms with Crippen LogP contribution in [0.4, 0.5) is 4.79 Å². The van der Waals surface area contributed by atoms with Crippen molar-refractivity contribution in [2.24, 2.45) is 10.8 Å². The molecule has 2 amide bonds. The number of hydrogen-bond acceptors (Lipinski definition) is 3. The molecule has 1 rings (SSSR count). The number of carbonyl (C=O) groups is 2. The van der Waals surface area contributed by atoms with Gasteiger partial charge in [0.15, 0.2) is 0 Å². The predicted octanol–water partition coefficient (Wildman–Crippen LogP) is 1.60. The fourth-order valence-corrected chi connectivity index (χ4v) is 2.11. The van der Waals surface area contributed by atoms with Crippen molar-refractivity contribution in [3.63, 3.8) is 0 Å². The first-order chi connectivity index (χ1) is 9.20. The second-order valence-corrected chi connectivity index (χ2v) is 6.71. The fraction of sp³-hybridized carbons (Fsp3) is 0.857. The number of methoxy groups -OCH3 is 1. The molecule has 0 saturated heterocycles. The lowest BCUT2D eigenvalue weighted by Crippen LogP contribution is -2.52. The van der Waals surface area contributed by atoms with E-state index in [1.54, 1.807) is 27.9 Å². The van der Waals surface area contributed by atoms with Gasteiger partial charge in [0.25, 0.3) is 0 Å². The summed E-state index contributed by atoms with van der Waals surface area (Å²) >= 11 is 0. The smallest absolute Gasteiger partial charge is 0.326 e. The van der Waals surface area contributed by atoms with Crippen molar-refractivity contribution < 1.29 is 19.4 Å². The first kappa shape index (κ1) is 16.8. The van der Waals surface area contributed by atoms with Gasteiger partial charge in [0, 0.05) is 20.3 Å². The average Bonchev–Trinajstić information content (AvgIpc) is 3.10. The molecular weight excluding hydrogens is 260 g/mol. The lowest BCUT2D eigenvalue weighted by Gasteiger charge is -2.28. The molecule has 0 aliphatic heterocycles. The van der Waals surface area contributed by atoms with Crippen LogP contribution in [0.2, 0.25) is 0 Å². The molecule has 1 saturated carbocycles. The number of hydrogen-bond donors (Lipinski definition) is 3. The molecule has 1 aliphatic rings. The summed E-state index contributed by atoms with van der Waals surface area (Å²) in [4.78, 5) is 23.0. The molecule has 0 radical (unpaired) electrons.